The second kappa shape index (κ2) is 6.18. The van der Waals surface area contributed by atoms with Gasteiger partial charge in [0, 0.05) is 5.02 Å². The third-order valence-electron chi connectivity index (χ3n) is 2.52. The third-order valence-corrected chi connectivity index (χ3v) is 5.30. The molecular weight excluding hydrogens is 275 g/mol. The molecule has 0 amide bonds. The minimum absolute atomic E-state index is 0.195. The molecule has 1 N–H and O–H groups in total. The molecule has 0 aliphatic heterocycles. The summed E-state index contributed by atoms with van der Waals surface area (Å²) in [4.78, 5) is 0. The molecule has 0 spiro atoms. The Morgan fingerprint density at radius 3 is 2.06 bits per heavy atom. The van der Waals surface area contributed by atoms with E-state index in [-0.39, 0.29) is 13.2 Å². The van der Waals surface area contributed by atoms with E-state index in [4.69, 9.17) is 20.6 Å². The predicted octanol–water partition coefficient (Wildman–Crippen LogP) is 3.77. The van der Waals surface area contributed by atoms with Gasteiger partial charge in [0.1, 0.15) is 0 Å². The number of hydrogen-bond donors (Lipinski definition) is 1. The zero-order valence-corrected chi connectivity index (χ0v) is 12.4. The largest absolute Gasteiger partial charge is 0.373 e. The van der Waals surface area contributed by atoms with E-state index in [1.807, 2.05) is 0 Å². The summed E-state index contributed by atoms with van der Waals surface area (Å²) in [5.74, 6) is 0. The van der Waals surface area contributed by atoms with E-state index in [1.165, 1.54) is 6.92 Å². The second-order valence-corrected chi connectivity index (χ2v) is 6.68. The van der Waals surface area contributed by atoms with Crippen LogP contribution in [0.3, 0.4) is 0 Å². The Morgan fingerprint density at radius 2 is 1.67 bits per heavy atom. The zero-order valence-electron chi connectivity index (χ0n) is 10.7. The minimum Gasteiger partial charge on any atom is -0.373 e. The van der Waals surface area contributed by atoms with E-state index >= 15 is 0 Å². The van der Waals surface area contributed by atoms with Crippen molar-refractivity contribution >= 4 is 19.2 Å². The predicted molar refractivity (Wildman–Crippen MR) is 71.9 cm³/mol. The Kier molecular flexibility index (Phi) is 5.38. The van der Waals surface area contributed by atoms with E-state index in [0.29, 0.717) is 10.6 Å². The summed E-state index contributed by atoms with van der Waals surface area (Å²) in [6.07, 6.45) is 0. The Balaban J connectivity index is 3.15. The smallest absolute Gasteiger partial charge is 0.366 e. The molecule has 0 aliphatic carbocycles. The van der Waals surface area contributed by atoms with Crippen LogP contribution < -0.4 is 0 Å². The average molecular weight is 293 g/mol. The molecular formula is C12H18ClO4P. The van der Waals surface area contributed by atoms with Crippen LogP contribution in [0.15, 0.2) is 24.3 Å². The fourth-order valence-corrected chi connectivity index (χ4v) is 3.40. The highest BCUT2D eigenvalue weighted by Gasteiger charge is 2.47. The SMILES string of the molecule is CCOP(=O)(OCC)[C@](C)(O)c1ccc(Cl)cc1. The number of aliphatic hydroxyl groups is 1. The number of rotatable bonds is 6. The molecule has 18 heavy (non-hydrogen) atoms. The van der Waals surface area contributed by atoms with Gasteiger partial charge in [0.05, 0.1) is 13.2 Å². The first kappa shape index (κ1) is 15.7. The summed E-state index contributed by atoms with van der Waals surface area (Å²) in [6.45, 7) is 5.21. The van der Waals surface area contributed by atoms with Gasteiger partial charge in [-0.2, -0.15) is 0 Å². The van der Waals surface area contributed by atoms with Crippen molar-refractivity contribution in [2.75, 3.05) is 13.2 Å². The van der Waals surface area contributed by atoms with Gasteiger partial charge in [-0.25, -0.2) is 0 Å². The molecule has 0 heterocycles. The van der Waals surface area contributed by atoms with Gasteiger partial charge in [0.25, 0.3) is 0 Å². The average Bonchev–Trinajstić information content (AvgIpc) is 2.30. The lowest BCUT2D eigenvalue weighted by Crippen LogP contribution is -2.24. The highest BCUT2D eigenvalue weighted by Crippen LogP contribution is 2.63. The maximum absolute atomic E-state index is 12.6. The van der Waals surface area contributed by atoms with Crippen LogP contribution in [-0.2, 0) is 19.0 Å². The van der Waals surface area contributed by atoms with Gasteiger partial charge in [-0.1, -0.05) is 23.7 Å². The van der Waals surface area contributed by atoms with E-state index in [0.717, 1.165) is 0 Å². The molecule has 0 aliphatic rings. The van der Waals surface area contributed by atoms with Crippen LogP contribution in [0.4, 0.5) is 0 Å². The molecule has 0 saturated carbocycles. The van der Waals surface area contributed by atoms with Gasteiger partial charge in [0.2, 0.25) is 0 Å². The fourth-order valence-electron chi connectivity index (χ4n) is 1.55. The van der Waals surface area contributed by atoms with E-state index in [1.54, 1.807) is 38.1 Å². The lowest BCUT2D eigenvalue weighted by Gasteiger charge is -2.31. The molecule has 1 rings (SSSR count). The van der Waals surface area contributed by atoms with Crippen LogP contribution in [0, 0.1) is 0 Å². The van der Waals surface area contributed by atoms with E-state index < -0.39 is 12.9 Å². The molecule has 102 valence electrons. The summed E-state index contributed by atoms with van der Waals surface area (Å²) in [6, 6.07) is 6.45. The highest BCUT2D eigenvalue weighted by atomic mass is 35.5. The molecule has 0 aromatic heterocycles. The lowest BCUT2D eigenvalue weighted by atomic mass is 10.1. The quantitative estimate of drug-likeness (QED) is 0.811. The maximum Gasteiger partial charge on any atom is 0.366 e. The van der Waals surface area contributed by atoms with Crippen molar-refractivity contribution in [2.45, 2.75) is 26.1 Å². The summed E-state index contributed by atoms with van der Waals surface area (Å²) in [5, 5.41) is 9.34. The summed E-state index contributed by atoms with van der Waals surface area (Å²) in [5.41, 5.74) is 0.442. The van der Waals surface area contributed by atoms with Gasteiger partial charge in [-0.15, -0.1) is 0 Å². The van der Waals surface area contributed by atoms with Gasteiger partial charge in [-0.05, 0) is 38.5 Å². The summed E-state index contributed by atoms with van der Waals surface area (Å²) < 4.78 is 22.9. The Bertz CT molecular complexity index is 420. The number of benzene rings is 1. The normalized spacial score (nSPS) is 15.4. The van der Waals surface area contributed by atoms with Crippen molar-refractivity contribution in [3.05, 3.63) is 34.9 Å². The van der Waals surface area contributed by atoms with Crippen LogP contribution in [0.5, 0.6) is 0 Å². The third kappa shape index (κ3) is 3.14. The number of halogens is 1. The molecule has 0 unspecified atom stereocenters. The minimum atomic E-state index is -3.65. The molecule has 4 nitrogen and oxygen atoms in total. The fraction of sp³-hybridized carbons (Fsp3) is 0.500. The Morgan fingerprint density at radius 1 is 1.22 bits per heavy atom. The molecule has 1 aromatic carbocycles. The zero-order chi connectivity index (χ0) is 13.8. The van der Waals surface area contributed by atoms with Gasteiger partial charge in [-0.3, -0.25) is 4.57 Å². The van der Waals surface area contributed by atoms with Crippen molar-refractivity contribution < 1.29 is 18.7 Å². The molecule has 0 fully saturated rings. The summed E-state index contributed by atoms with van der Waals surface area (Å²) >= 11 is 5.79. The Hall–Kier alpha value is -0.380. The van der Waals surface area contributed by atoms with Gasteiger partial charge in [0.15, 0.2) is 5.34 Å². The lowest BCUT2D eigenvalue weighted by molar-refractivity contribution is 0.0802. The van der Waals surface area contributed by atoms with Crippen LogP contribution >= 0.6 is 19.2 Å². The molecule has 1 aromatic rings. The van der Waals surface area contributed by atoms with Crippen molar-refractivity contribution in [1.82, 2.24) is 0 Å². The highest BCUT2D eigenvalue weighted by molar-refractivity contribution is 7.54. The van der Waals surface area contributed by atoms with Crippen molar-refractivity contribution in [1.29, 1.82) is 0 Å². The standard InChI is InChI=1S/C12H18ClO4P/c1-4-16-18(15,17-5-2)12(3,14)10-6-8-11(13)9-7-10/h6-9,14H,4-5H2,1-3H3/t12-/m0/s1. The van der Waals surface area contributed by atoms with Crippen LogP contribution in [-0.4, -0.2) is 18.3 Å². The first-order chi connectivity index (χ1) is 8.37. The molecule has 0 saturated heterocycles. The molecule has 1 atom stereocenters. The Labute approximate surface area is 112 Å². The van der Waals surface area contributed by atoms with E-state index in [9.17, 15) is 9.67 Å². The molecule has 0 radical (unpaired) electrons. The summed E-state index contributed by atoms with van der Waals surface area (Å²) in [7, 11) is -3.65. The topological polar surface area (TPSA) is 55.8 Å². The van der Waals surface area contributed by atoms with Crippen LogP contribution in [0.2, 0.25) is 5.02 Å². The first-order valence-corrected chi connectivity index (χ1v) is 7.67. The number of hydrogen-bond acceptors (Lipinski definition) is 4. The van der Waals surface area contributed by atoms with Crippen LogP contribution in [0.25, 0.3) is 0 Å². The van der Waals surface area contributed by atoms with Crippen molar-refractivity contribution in [3.8, 4) is 0 Å². The van der Waals surface area contributed by atoms with Gasteiger partial charge < -0.3 is 14.2 Å². The second-order valence-electron chi connectivity index (χ2n) is 3.86. The van der Waals surface area contributed by atoms with Gasteiger partial charge >= 0.3 is 7.60 Å². The molecule has 0 bridgehead atoms. The molecule has 6 heteroatoms. The monoisotopic (exact) mass is 292 g/mol. The van der Waals surface area contributed by atoms with Crippen molar-refractivity contribution in [2.24, 2.45) is 0 Å². The maximum atomic E-state index is 12.6. The van der Waals surface area contributed by atoms with Crippen LogP contribution in [0.1, 0.15) is 26.3 Å². The van der Waals surface area contributed by atoms with E-state index in [2.05, 4.69) is 0 Å². The van der Waals surface area contributed by atoms with Crippen molar-refractivity contribution in [3.63, 3.8) is 0 Å². The first-order valence-electron chi connectivity index (χ1n) is 5.75.